The van der Waals surface area contributed by atoms with Crippen LogP contribution in [0.25, 0.3) is 0 Å². The molecule has 0 heterocycles. The van der Waals surface area contributed by atoms with Gasteiger partial charge in [-0.3, -0.25) is 9.59 Å². The number of rotatable bonds is 3. The fourth-order valence-corrected chi connectivity index (χ4v) is 1.95. The maximum absolute atomic E-state index is 13.4. The molecule has 0 atom stereocenters. The molecule has 114 valence electrons. The van der Waals surface area contributed by atoms with Crippen LogP contribution < -0.4 is 16.4 Å². The number of nitrogens with two attached hydrogens (primary N) is 1. The summed E-state index contributed by atoms with van der Waals surface area (Å²) in [6.07, 6.45) is 0. The normalized spacial score (nSPS) is 10.1. The second-order valence-electron chi connectivity index (χ2n) is 4.47. The molecule has 4 N–H and O–H groups in total. The van der Waals surface area contributed by atoms with Gasteiger partial charge in [-0.15, -0.1) is 0 Å². The lowest BCUT2D eigenvalue weighted by Crippen LogP contribution is -2.35. The Labute approximate surface area is 131 Å². The van der Waals surface area contributed by atoms with E-state index in [0.29, 0.717) is 5.69 Å². The molecule has 22 heavy (non-hydrogen) atoms. The molecule has 0 aliphatic heterocycles. The van der Waals surface area contributed by atoms with E-state index in [1.807, 2.05) is 0 Å². The summed E-state index contributed by atoms with van der Waals surface area (Å²) in [5, 5.41) is 4.91. The third kappa shape index (κ3) is 3.95. The average Bonchev–Trinajstić information content (AvgIpc) is 2.49. The van der Waals surface area contributed by atoms with Crippen molar-refractivity contribution in [3.05, 3.63) is 58.9 Å². The fourth-order valence-electron chi connectivity index (χ4n) is 1.71. The Morgan fingerprint density at radius 1 is 1.14 bits per heavy atom. The molecule has 0 fully saturated rings. The van der Waals surface area contributed by atoms with Crippen LogP contribution in [-0.2, 0) is 16.1 Å². The standard InChI is InChI=1S/C15H13ClFN3O2/c16-11-7-10(18)5-6-13(11)20-15(22)14(21)19-8-9-3-1-2-4-12(9)17/h1-7H,8,18H2,(H,19,21)(H,20,22). The molecule has 0 spiro atoms. The van der Waals surface area contributed by atoms with Crippen molar-refractivity contribution in [1.82, 2.24) is 5.32 Å². The first kappa shape index (κ1) is 15.8. The van der Waals surface area contributed by atoms with Gasteiger partial charge in [0.25, 0.3) is 0 Å². The Kier molecular flexibility index (Phi) is 4.95. The summed E-state index contributed by atoms with van der Waals surface area (Å²) in [5.74, 6) is -2.25. The fraction of sp³-hybridized carbons (Fsp3) is 0.0667. The summed E-state index contributed by atoms with van der Waals surface area (Å²) in [4.78, 5) is 23.4. The molecule has 0 saturated heterocycles. The van der Waals surface area contributed by atoms with Crippen LogP contribution in [0.5, 0.6) is 0 Å². The molecule has 0 aliphatic carbocycles. The third-order valence-corrected chi connectivity index (χ3v) is 3.16. The van der Waals surface area contributed by atoms with Crippen LogP contribution in [0.3, 0.4) is 0 Å². The highest BCUT2D eigenvalue weighted by Gasteiger charge is 2.15. The molecule has 5 nitrogen and oxygen atoms in total. The van der Waals surface area contributed by atoms with Gasteiger partial charge < -0.3 is 16.4 Å². The van der Waals surface area contributed by atoms with Crippen molar-refractivity contribution in [1.29, 1.82) is 0 Å². The first-order chi connectivity index (χ1) is 10.5. The Bertz CT molecular complexity index is 722. The molecule has 2 aromatic carbocycles. The van der Waals surface area contributed by atoms with E-state index in [-0.39, 0.29) is 22.8 Å². The number of amides is 2. The van der Waals surface area contributed by atoms with Crippen LogP contribution in [0.1, 0.15) is 5.56 Å². The largest absolute Gasteiger partial charge is 0.399 e. The van der Waals surface area contributed by atoms with Gasteiger partial charge in [-0.2, -0.15) is 0 Å². The number of hydrogen-bond donors (Lipinski definition) is 3. The molecule has 0 saturated carbocycles. The lowest BCUT2D eigenvalue weighted by molar-refractivity contribution is -0.136. The van der Waals surface area contributed by atoms with Gasteiger partial charge in [-0.25, -0.2) is 4.39 Å². The molecule has 2 rings (SSSR count). The molecule has 2 aromatic rings. The zero-order valence-corrected chi connectivity index (χ0v) is 12.2. The van der Waals surface area contributed by atoms with Gasteiger partial charge in [0.15, 0.2) is 0 Å². The van der Waals surface area contributed by atoms with Crippen molar-refractivity contribution in [2.45, 2.75) is 6.54 Å². The molecule has 0 aliphatic rings. The van der Waals surface area contributed by atoms with Crippen molar-refractivity contribution in [3.63, 3.8) is 0 Å². The van der Waals surface area contributed by atoms with Gasteiger partial charge in [-0.05, 0) is 24.3 Å². The number of nitrogen functional groups attached to an aromatic ring is 1. The van der Waals surface area contributed by atoms with Gasteiger partial charge in [0.2, 0.25) is 0 Å². The van der Waals surface area contributed by atoms with Gasteiger partial charge in [0, 0.05) is 17.8 Å². The van der Waals surface area contributed by atoms with Gasteiger partial charge in [-0.1, -0.05) is 29.8 Å². The first-order valence-electron chi connectivity index (χ1n) is 6.35. The van der Waals surface area contributed by atoms with Crippen LogP contribution >= 0.6 is 11.6 Å². The van der Waals surface area contributed by atoms with Crippen LogP contribution in [0.4, 0.5) is 15.8 Å². The summed E-state index contributed by atoms with van der Waals surface area (Å²) in [6.45, 7) is -0.0889. The van der Waals surface area contributed by atoms with E-state index in [0.717, 1.165) is 0 Å². The Morgan fingerprint density at radius 3 is 2.55 bits per heavy atom. The number of hydrogen-bond acceptors (Lipinski definition) is 3. The Hall–Kier alpha value is -2.60. The summed E-state index contributed by atoms with van der Waals surface area (Å²) >= 11 is 5.90. The van der Waals surface area contributed by atoms with Crippen LogP contribution in [-0.4, -0.2) is 11.8 Å². The van der Waals surface area contributed by atoms with Gasteiger partial charge >= 0.3 is 11.8 Å². The Morgan fingerprint density at radius 2 is 1.86 bits per heavy atom. The van der Waals surface area contributed by atoms with Crippen LogP contribution in [0.15, 0.2) is 42.5 Å². The van der Waals surface area contributed by atoms with Crippen LogP contribution in [0.2, 0.25) is 5.02 Å². The number of halogens is 2. The smallest absolute Gasteiger partial charge is 0.313 e. The minimum Gasteiger partial charge on any atom is -0.399 e. The highest BCUT2D eigenvalue weighted by molar-refractivity contribution is 6.41. The van der Waals surface area contributed by atoms with Crippen LogP contribution in [0, 0.1) is 5.82 Å². The summed E-state index contributed by atoms with van der Waals surface area (Å²) < 4.78 is 13.4. The molecule has 0 radical (unpaired) electrons. The third-order valence-electron chi connectivity index (χ3n) is 2.84. The molecule has 0 bridgehead atoms. The molecular weight excluding hydrogens is 309 g/mol. The van der Waals surface area contributed by atoms with Crippen molar-refractivity contribution >= 4 is 34.8 Å². The van der Waals surface area contributed by atoms with E-state index in [4.69, 9.17) is 17.3 Å². The quantitative estimate of drug-likeness (QED) is 0.599. The van der Waals surface area contributed by atoms with Crippen molar-refractivity contribution in [3.8, 4) is 0 Å². The zero-order valence-electron chi connectivity index (χ0n) is 11.4. The van der Waals surface area contributed by atoms with E-state index < -0.39 is 17.6 Å². The summed E-state index contributed by atoms with van der Waals surface area (Å²) in [7, 11) is 0. The lowest BCUT2D eigenvalue weighted by atomic mass is 10.2. The maximum Gasteiger partial charge on any atom is 0.313 e. The Balaban J connectivity index is 1.95. The molecular formula is C15H13ClFN3O2. The van der Waals surface area contributed by atoms with E-state index in [2.05, 4.69) is 10.6 Å². The molecule has 7 heteroatoms. The van der Waals surface area contributed by atoms with E-state index >= 15 is 0 Å². The van der Waals surface area contributed by atoms with E-state index in [1.54, 1.807) is 12.1 Å². The summed E-state index contributed by atoms with van der Waals surface area (Å²) in [5.41, 5.74) is 6.52. The second kappa shape index (κ2) is 6.91. The topological polar surface area (TPSA) is 84.2 Å². The predicted molar refractivity (Wildman–Crippen MR) is 82.7 cm³/mol. The highest BCUT2D eigenvalue weighted by atomic mass is 35.5. The highest BCUT2D eigenvalue weighted by Crippen LogP contribution is 2.23. The SMILES string of the molecule is Nc1ccc(NC(=O)C(=O)NCc2ccccc2F)c(Cl)c1. The van der Waals surface area contributed by atoms with Crippen molar-refractivity contribution < 1.29 is 14.0 Å². The molecule has 0 aromatic heterocycles. The average molecular weight is 322 g/mol. The lowest BCUT2D eigenvalue weighted by Gasteiger charge is -2.09. The number of carbonyl (C=O) groups excluding carboxylic acids is 2. The minimum atomic E-state index is -0.900. The van der Waals surface area contributed by atoms with Crippen molar-refractivity contribution in [2.24, 2.45) is 0 Å². The van der Waals surface area contributed by atoms with E-state index in [1.165, 1.54) is 30.3 Å². The van der Waals surface area contributed by atoms with Crippen molar-refractivity contribution in [2.75, 3.05) is 11.1 Å². The number of carbonyl (C=O) groups is 2. The number of benzene rings is 2. The predicted octanol–water partition coefficient (Wildman–Crippen LogP) is 2.32. The zero-order chi connectivity index (χ0) is 16.1. The van der Waals surface area contributed by atoms with Gasteiger partial charge in [0.05, 0.1) is 10.7 Å². The second-order valence-corrected chi connectivity index (χ2v) is 4.87. The minimum absolute atomic E-state index is 0.0889. The number of nitrogens with one attached hydrogen (secondary N) is 2. The number of anilines is 2. The monoisotopic (exact) mass is 321 g/mol. The maximum atomic E-state index is 13.4. The molecule has 2 amide bonds. The summed E-state index contributed by atoms with van der Waals surface area (Å²) in [6, 6.07) is 10.4. The van der Waals surface area contributed by atoms with Gasteiger partial charge in [0.1, 0.15) is 5.82 Å². The molecule has 0 unspecified atom stereocenters. The van der Waals surface area contributed by atoms with E-state index in [9.17, 15) is 14.0 Å². The first-order valence-corrected chi connectivity index (χ1v) is 6.73.